The molecule has 0 radical (unpaired) electrons. The third kappa shape index (κ3) is 3.29. The molecule has 1 aliphatic heterocycles. The first kappa shape index (κ1) is 17.9. The number of nitrogens with zero attached hydrogens (tertiary/aromatic N) is 3. The lowest BCUT2D eigenvalue weighted by Gasteiger charge is -2.37. The van der Waals surface area contributed by atoms with Gasteiger partial charge in [0.15, 0.2) is 0 Å². The fourth-order valence-electron chi connectivity index (χ4n) is 4.23. The second kappa shape index (κ2) is 6.74. The zero-order valence-electron chi connectivity index (χ0n) is 16.8. The van der Waals surface area contributed by atoms with Gasteiger partial charge in [0.2, 0.25) is 0 Å². The summed E-state index contributed by atoms with van der Waals surface area (Å²) in [6, 6.07) is 12.8. The molecule has 4 aromatic rings. The van der Waals surface area contributed by atoms with Crippen LogP contribution in [0.4, 0.5) is 5.69 Å². The minimum Gasteiger partial charge on any atom is -0.422 e. The highest BCUT2D eigenvalue weighted by Crippen LogP contribution is 2.26. The predicted octanol–water partition coefficient (Wildman–Crippen LogP) is 3.60. The van der Waals surface area contributed by atoms with Crippen molar-refractivity contribution in [3.8, 4) is 11.3 Å². The van der Waals surface area contributed by atoms with Gasteiger partial charge in [-0.2, -0.15) is 0 Å². The van der Waals surface area contributed by atoms with E-state index >= 15 is 0 Å². The standard InChI is InChI=1S/C23H24N4O2/c1-14-6-7-26-13-20(25-22(26)8-14)19-9-17-4-5-18(10-21(17)29-23(19)28)27-11-15(2)24-16(3)12-27/h4-10,13,15-16,24H,11-12H2,1-3H3/t15-,16+. The molecule has 4 heterocycles. The largest absolute Gasteiger partial charge is 0.422 e. The smallest absolute Gasteiger partial charge is 0.345 e. The molecule has 148 valence electrons. The normalized spacial score (nSPS) is 19.9. The van der Waals surface area contributed by atoms with E-state index in [1.54, 1.807) is 0 Å². The molecule has 5 rings (SSSR count). The molecule has 1 saturated heterocycles. The van der Waals surface area contributed by atoms with Crippen molar-refractivity contribution >= 4 is 22.3 Å². The Balaban J connectivity index is 1.55. The zero-order chi connectivity index (χ0) is 20.1. The van der Waals surface area contributed by atoms with Crippen LogP contribution in [0.1, 0.15) is 19.4 Å². The van der Waals surface area contributed by atoms with Gasteiger partial charge < -0.3 is 19.0 Å². The van der Waals surface area contributed by atoms with Gasteiger partial charge in [-0.3, -0.25) is 0 Å². The van der Waals surface area contributed by atoms with Crippen LogP contribution in [0.5, 0.6) is 0 Å². The van der Waals surface area contributed by atoms with E-state index in [1.165, 1.54) is 0 Å². The average molecular weight is 388 g/mol. The van der Waals surface area contributed by atoms with Gasteiger partial charge in [0.1, 0.15) is 11.2 Å². The monoisotopic (exact) mass is 388 g/mol. The Kier molecular flexibility index (Phi) is 4.17. The van der Waals surface area contributed by atoms with Crippen LogP contribution in [0, 0.1) is 6.92 Å². The third-order valence-electron chi connectivity index (χ3n) is 5.53. The van der Waals surface area contributed by atoms with Crippen molar-refractivity contribution < 1.29 is 4.42 Å². The maximum atomic E-state index is 12.7. The van der Waals surface area contributed by atoms with Crippen LogP contribution in [-0.2, 0) is 0 Å². The Labute approximate surface area is 168 Å². The maximum absolute atomic E-state index is 12.7. The lowest BCUT2D eigenvalue weighted by Crippen LogP contribution is -2.54. The number of pyridine rings is 1. The van der Waals surface area contributed by atoms with Gasteiger partial charge in [-0.15, -0.1) is 0 Å². The van der Waals surface area contributed by atoms with Gasteiger partial charge in [0.05, 0.1) is 11.3 Å². The minimum atomic E-state index is -0.364. The molecule has 0 unspecified atom stereocenters. The molecule has 6 heteroatoms. The number of aryl methyl sites for hydroxylation is 1. The summed E-state index contributed by atoms with van der Waals surface area (Å²) in [5.41, 5.74) is 4.38. The molecule has 0 amide bonds. The Hall–Kier alpha value is -3.12. The molecule has 1 N–H and O–H groups in total. The number of fused-ring (bicyclic) bond motifs is 2. The highest BCUT2D eigenvalue weighted by atomic mass is 16.4. The number of imidazole rings is 1. The van der Waals surface area contributed by atoms with Crippen molar-refractivity contribution in [1.29, 1.82) is 0 Å². The molecule has 0 bridgehead atoms. The number of nitrogens with one attached hydrogen (secondary N) is 1. The van der Waals surface area contributed by atoms with Crippen molar-refractivity contribution in [2.75, 3.05) is 18.0 Å². The summed E-state index contributed by atoms with van der Waals surface area (Å²) in [4.78, 5) is 19.7. The summed E-state index contributed by atoms with van der Waals surface area (Å²) in [7, 11) is 0. The fourth-order valence-corrected chi connectivity index (χ4v) is 4.23. The van der Waals surface area contributed by atoms with Crippen LogP contribution in [-0.4, -0.2) is 34.6 Å². The summed E-state index contributed by atoms with van der Waals surface area (Å²) >= 11 is 0. The summed E-state index contributed by atoms with van der Waals surface area (Å²) in [6.07, 6.45) is 3.82. The summed E-state index contributed by atoms with van der Waals surface area (Å²) in [5.74, 6) is 0. The van der Waals surface area contributed by atoms with E-state index in [0.29, 0.717) is 28.9 Å². The van der Waals surface area contributed by atoms with Crippen molar-refractivity contribution in [3.05, 3.63) is 64.8 Å². The van der Waals surface area contributed by atoms with E-state index in [2.05, 4.69) is 35.1 Å². The Morgan fingerprint density at radius 2 is 1.90 bits per heavy atom. The first-order chi connectivity index (χ1) is 14.0. The molecule has 2 atom stereocenters. The Morgan fingerprint density at radius 1 is 1.10 bits per heavy atom. The van der Waals surface area contributed by atoms with Crippen LogP contribution in [0.2, 0.25) is 0 Å². The van der Waals surface area contributed by atoms with E-state index < -0.39 is 0 Å². The first-order valence-electron chi connectivity index (χ1n) is 10.0. The highest BCUT2D eigenvalue weighted by molar-refractivity contribution is 5.84. The van der Waals surface area contributed by atoms with Crippen molar-refractivity contribution in [3.63, 3.8) is 0 Å². The summed E-state index contributed by atoms with van der Waals surface area (Å²) in [6.45, 7) is 8.26. The van der Waals surface area contributed by atoms with Gasteiger partial charge in [0.25, 0.3) is 0 Å². The molecule has 1 fully saturated rings. The van der Waals surface area contributed by atoms with E-state index in [4.69, 9.17) is 4.42 Å². The molecule has 0 saturated carbocycles. The SMILES string of the molecule is Cc1ccn2cc(-c3cc4ccc(N5C[C@@H](C)N[C@@H](C)C5)cc4oc3=O)nc2c1. The van der Waals surface area contributed by atoms with E-state index in [-0.39, 0.29) is 5.63 Å². The number of hydrogen-bond donors (Lipinski definition) is 1. The molecule has 29 heavy (non-hydrogen) atoms. The van der Waals surface area contributed by atoms with Crippen molar-refractivity contribution in [2.24, 2.45) is 0 Å². The lowest BCUT2D eigenvalue weighted by atomic mass is 10.1. The molecular weight excluding hydrogens is 364 g/mol. The molecule has 1 aliphatic rings. The van der Waals surface area contributed by atoms with E-state index in [1.807, 2.05) is 54.0 Å². The predicted molar refractivity (Wildman–Crippen MR) is 116 cm³/mol. The molecule has 0 spiro atoms. The number of rotatable bonds is 2. The topological polar surface area (TPSA) is 62.8 Å². The number of anilines is 1. The number of aromatic nitrogens is 2. The highest BCUT2D eigenvalue weighted by Gasteiger charge is 2.21. The summed E-state index contributed by atoms with van der Waals surface area (Å²) < 4.78 is 7.62. The quantitative estimate of drug-likeness (QED) is 0.532. The van der Waals surface area contributed by atoms with E-state index in [9.17, 15) is 4.79 Å². The van der Waals surface area contributed by atoms with Crippen LogP contribution in [0.25, 0.3) is 27.9 Å². The van der Waals surface area contributed by atoms with Gasteiger partial charge in [-0.25, -0.2) is 9.78 Å². The van der Waals surface area contributed by atoms with Crippen LogP contribution in [0.3, 0.4) is 0 Å². The summed E-state index contributed by atoms with van der Waals surface area (Å²) in [5, 5.41) is 4.44. The number of piperazine rings is 1. The minimum absolute atomic E-state index is 0.364. The lowest BCUT2D eigenvalue weighted by molar-refractivity contribution is 0.407. The fraction of sp³-hybridized carbons (Fsp3) is 0.304. The Morgan fingerprint density at radius 3 is 2.69 bits per heavy atom. The second-order valence-corrected chi connectivity index (χ2v) is 8.14. The second-order valence-electron chi connectivity index (χ2n) is 8.14. The van der Waals surface area contributed by atoms with Gasteiger partial charge >= 0.3 is 5.63 Å². The number of benzene rings is 1. The van der Waals surface area contributed by atoms with Crippen LogP contribution >= 0.6 is 0 Å². The van der Waals surface area contributed by atoms with Crippen LogP contribution in [0.15, 0.2) is 58.0 Å². The maximum Gasteiger partial charge on any atom is 0.345 e. The first-order valence-corrected chi connectivity index (χ1v) is 10.0. The molecule has 6 nitrogen and oxygen atoms in total. The Bertz CT molecular complexity index is 1260. The van der Waals surface area contributed by atoms with Gasteiger partial charge in [0, 0.05) is 54.7 Å². The average Bonchev–Trinajstić information content (AvgIpc) is 3.09. The van der Waals surface area contributed by atoms with Crippen LogP contribution < -0.4 is 15.8 Å². The molecular formula is C23H24N4O2. The van der Waals surface area contributed by atoms with Crippen molar-refractivity contribution in [2.45, 2.75) is 32.9 Å². The zero-order valence-corrected chi connectivity index (χ0v) is 16.8. The third-order valence-corrected chi connectivity index (χ3v) is 5.53. The number of hydrogen-bond acceptors (Lipinski definition) is 5. The van der Waals surface area contributed by atoms with Crippen molar-refractivity contribution in [1.82, 2.24) is 14.7 Å². The molecule has 1 aromatic carbocycles. The van der Waals surface area contributed by atoms with E-state index in [0.717, 1.165) is 35.4 Å². The molecule has 3 aromatic heterocycles. The van der Waals surface area contributed by atoms with Gasteiger partial charge in [-0.1, -0.05) is 0 Å². The van der Waals surface area contributed by atoms with Gasteiger partial charge in [-0.05, 0) is 56.7 Å². The molecule has 0 aliphatic carbocycles.